The third-order valence-electron chi connectivity index (χ3n) is 2.43. The van der Waals surface area contributed by atoms with E-state index < -0.39 is 10.0 Å². The van der Waals surface area contributed by atoms with E-state index in [4.69, 9.17) is 5.73 Å². The first-order valence-corrected chi connectivity index (χ1v) is 7.87. The minimum atomic E-state index is -3.53. The maximum absolute atomic E-state index is 12.1. The second kappa shape index (κ2) is 5.58. The highest BCUT2D eigenvalue weighted by atomic mass is 79.9. The summed E-state index contributed by atoms with van der Waals surface area (Å²) in [7, 11) is -3.53. The number of sulfonamides is 1. The number of halogens is 1. The largest absolute Gasteiger partial charge is 0.398 e. The number of nitrogens with two attached hydrogens (primary N) is 1. The zero-order chi connectivity index (χ0) is 13.9. The standard InChI is InChI=1S/C12H12BrN3O2S/c13-12-11(6-3-7-15-12)16-19(17,18)8-9-4-1-2-5-10(9)14/h1-7,16H,8,14H2. The van der Waals surface area contributed by atoms with Gasteiger partial charge in [0.05, 0.1) is 11.4 Å². The summed E-state index contributed by atoms with van der Waals surface area (Å²) in [6, 6.07) is 10.2. The number of para-hydroxylation sites is 1. The number of anilines is 2. The Labute approximate surface area is 120 Å². The number of nitrogen functional groups attached to an aromatic ring is 1. The number of hydrogen-bond donors (Lipinski definition) is 2. The number of hydrogen-bond acceptors (Lipinski definition) is 4. The van der Waals surface area contributed by atoms with Crippen molar-refractivity contribution in [2.75, 3.05) is 10.5 Å². The van der Waals surface area contributed by atoms with Gasteiger partial charge in [-0.15, -0.1) is 0 Å². The summed E-state index contributed by atoms with van der Waals surface area (Å²) in [4.78, 5) is 3.95. The van der Waals surface area contributed by atoms with Crippen LogP contribution in [0.5, 0.6) is 0 Å². The Morgan fingerprint density at radius 1 is 1.21 bits per heavy atom. The summed E-state index contributed by atoms with van der Waals surface area (Å²) in [5, 5.41) is 0. The second-order valence-corrected chi connectivity index (χ2v) is 6.38. The van der Waals surface area contributed by atoms with Gasteiger partial charge in [0.25, 0.3) is 0 Å². The molecule has 1 aromatic heterocycles. The predicted molar refractivity (Wildman–Crippen MR) is 79.0 cm³/mol. The molecule has 19 heavy (non-hydrogen) atoms. The highest BCUT2D eigenvalue weighted by Crippen LogP contribution is 2.21. The van der Waals surface area contributed by atoms with Gasteiger partial charge in [-0.2, -0.15) is 0 Å². The van der Waals surface area contributed by atoms with Crippen LogP contribution in [-0.4, -0.2) is 13.4 Å². The van der Waals surface area contributed by atoms with Crippen molar-refractivity contribution in [1.82, 2.24) is 4.98 Å². The Balaban J connectivity index is 2.21. The SMILES string of the molecule is Nc1ccccc1CS(=O)(=O)Nc1cccnc1Br. The van der Waals surface area contributed by atoms with Gasteiger partial charge >= 0.3 is 0 Å². The molecule has 0 radical (unpaired) electrons. The molecule has 0 aliphatic heterocycles. The fourth-order valence-electron chi connectivity index (χ4n) is 1.54. The lowest BCUT2D eigenvalue weighted by atomic mass is 10.2. The smallest absolute Gasteiger partial charge is 0.237 e. The Morgan fingerprint density at radius 2 is 1.95 bits per heavy atom. The van der Waals surface area contributed by atoms with E-state index in [1.54, 1.807) is 42.6 Å². The van der Waals surface area contributed by atoms with Crippen LogP contribution in [0, 0.1) is 0 Å². The molecule has 0 atom stereocenters. The van der Waals surface area contributed by atoms with Crippen molar-refractivity contribution in [3.05, 3.63) is 52.8 Å². The summed E-state index contributed by atoms with van der Waals surface area (Å²) in [5.41, 5.74) is 7.16. The van der Waals surface area contributed by atoms with Crippen LogP contribution in [0.15, 0.2) is 47.2 Å². The molecule has 0 aliphatic carbocycles. The number of aromatic nitrogens is 1. The Hall–Kier alpha value is -1.60. The van der Waals surface area contributed by atoms with Crippen molar-refractivity contribution < 1.29 is 8.42 Å². The van der Waals surface area contributed by atoms with E-state index in [0.29, 0.717) is 21.5 Å². The highest BCUT2D eigenvalue weighted by molar-refractivity contribution is 9.10. The van der Waals surface area contributed by atoms with E-state index >= 15 is 0 Å². The van der Waals surface area contributed by atoms with Crippen LogP contribution in [0.1, 0.15) is 5.56 Å². The maximum Gasteiger partial charge on any atom is 0.237 e. The predicted octanol–water partition coefficient (Wildman–Crippen LogP) is 2.37. The Bertz CT molecular complexity index is 635. The van der Waals surface area contributed by atoms with Crippen molar-refractivity contribution in [3.63, 3.8) is 0 Å². The van der Waals surface area contributed by atoms with E-state index in [9.17, 15) is 8.42 Å². The van der Waals surface area contributed by atoms with Gasteiger partial charge in [-0.3, -0.25) is 4.72 Å². The summed E-state index contributed by atoms with van der Waals surface area (Å²) in [6.45, 7) is 0. The molecule has 0 saturated heterocycles. The summed E-state index contributed by atoms with van der Waals surface area (Å²) >= 11 is 3.19. The summed E-state index contributed by atoms with van der Waals surface area (Å²) in [6.07, 6.45) is 1.57. The van der Waals surface area contributed by atoms with E-state index in [0.717, 1.165) is 0 Å². The molecular weight excluding hydrogens is 330 g/mol. The Kier molecular flexibility index (Phi) is 4.06. The van der Waals surface area contributed by atoms with Gasteiger partial charge in [0.1, 0.15) is 4.60 Å². The topological polar surface area (TPSA) is 85.1 Å². The van der Waals surface area contributed by atoms with Crippen LogP contribution in [0.4, 0.5) is 11.4 Å². The maximum atomic E-state index is 12.1. The lowest BCUT2D eigenvalue weighted by molar-refractivity contribution is 0.600. The molecule has 2 rings (SSSR count). The van der Waals surface area contributed by atoms with Gasteiger partial charge in [-0.1, -0.05) is 18.2 Å². The highest BCUT2D eigenvalue weighted by Gasteiger charge is 2.15. The molecule has 0 unspecified atom stereocenters. The van der Waals surface area contributed by atoms with Crippen LogP contribution in [0.2, 0.25) is 0 Å². The van der Waals surface area contributed by atoms with E-state index in [2.05, 4.69) is 25.6 Å². The molecule has 5 nitrogen and oxygen atoms in total. The molecule has 1 heterocycles. The quantitative estimate of drug-likeness (QED) is 0.660. The molecule has 7 heteroatoms. The number of benzene rings is 1. The molecule has 1 aromatic carbocycles. The fourth-order valence-corrected chi connectivity index (χ4v) is 3.26. The van der Waals surface area contributed by atoms with Crippen molar-refractivity contribution in [3.8, 4) is 0 Å². The Morgan fingerprint density at radius 3 is 2.63 bits per heavy atom. The van der Waals surface area contributed by atoms with Crippen molar-refractivity contribution >= 4 is 37.3 Å². The average Bonchev–Trinajstić information content (AvgIpc) is 2.35. The van der Waals surface area contributed by atoms with Gasteiger partial charge in [0.2, 0.25) is 10.0 Å². The van der Waals surface area contributed by atoms with E-state index in [-0.39, 0.29) is 5.75 Å². The minimum absolute atomic E-state index is 0.180. The van der Waals surface area contributed by atoms with Crippen LogP contribution in [-0.2, 0) is 15.8 Å². The number of pyridine rings is 1. The first-order valence-electron chi connectivity index (χ1n) is 5.42. The molecule has 0 saturated carbocycles. The van der Waals surface area contributed by atoms with Crippen LogP contribution >= 0.6 is 15.9 Å². The van der Waals surface area contributed by atoms with Gasteiger partial charge in [0.15, 0.2) is 0 Å². The zero-order valence-corrected chi connectivity index (χ0v) is 12.3. The van der Waals surface area contributed by atoms with Crippen molar-refractivity contribution in [2.45, 2.75) is 5.75 Å². The lowest BCUT2D eigenvalue weighted by Crippen LogP contribution is -2.16. The van der Waals surface area contributed by atoms with Crippen LogP contribution in [0.3, 0.4) is 0 Å². The molecule has 0 spiro atoms. The number of nitrogens with one attached hydrogen (secondary N) is 1. The molecule has 0 aliphatic rings. The normalized spacial score (nSPS) is 11.2. The zero-order valence-electron chi connectivity index (χ0n) is 9.88. The third-order valence-corrected chi connectivity index (χ3v) is 4.28. The summed E-state index contributed by atoms with van der Waals surface area (Å²) in [5.74, 6) is -0.180. The van der Waals surface area contributed by atoms with Gasteiger partial charge in [-0.05, 0) is 39.7 Å². The first kappa shape index (κ1) is 13.8. The summed E-state index contributed by atoms with van der Waals surface area (Å²) < 4.78 is 27.0. The average molecular weight is 342 g/mol. The van der Waals surface area contributed by atoms with Gasteiger partial charge in [0, 0.05) is 11.9 Å². The third kappa shape index (κ3) is 3.68. The number of nitrogens with zero attached hydrogens (tertiary/aromatic N) is 1. The monoisotopic (exact) mass is 341 g/mol. The first-order chi connectivity index (χ1) is 8.98. The molecule has 0 amide bonds. The lowest BCUT2D eigenvalue weighted by Gasteiger charge is -2.10. The minimum Gasteiger partial charge on any atom is -0.398 e. The van der Waals surface area contributed by atoms with Crippen molar-refractivity contribution in [2.24, 2.45) is 0 Å². The molecule has 3 N–H and O–H groups in total. The van der Waals surface area contributed by atoms with E-state index in [1.807, 2.05) is 0 Å². The molecule has 2 aromatic rings. The van der Waals surface area contributed by atoms with Crippen LogP contribution in [0.25, 0.3) is 0 Å². The van der Waals surface area contributed by atoms with Crippen LogP contribution < -0.4 is 10.5 Å². The second-order valence-electron chi connectivity index (χ2n) is 3.90. The van der Waals surface area contributed by atoms with E-state index in [1.165, 1.54) is 0 Å². The molecule has 100 valence electrons. The number of rotatable bonds is 4. The molecular formula is C12H12BrN3O2S. The molecule has 0 fully saturated rings. The van der Waals surface area contributed by atoms with Gasteiger partial charge < -0.3 is 5.73 Å². The molecule has 0 bridgehead atoms. The van der Waals surface area contributed by atoms with Gasteiger partial charge in [-0.25, -0.2) is 13.4 Å². The van der Waals surface area contributed by atoms with Crippen molar-refractivity contribution in [1.29, 1.82) is 0 Å². The fraction of sp³-hybridized carbons (Fsp3) is 0.0833.